The highest BCUT2D eigenvalue weighted by molar-refractivity contribution is 6.33. The van der Waals surface area contributed by atoms with E-state index in [4.69, 9.17) is 11.6 Å². The van der Waals surface area contributed by atoms with Crippen molar-refractivity contribution in [1.82, 2.24) is 0 Å². The van der Waals surface area contributed by atoms with Gasteiger partial charge in [-0.3, -0.25) is 0 Å². The summed E-state index contributed by atoms with van der Waals surface area (Å²) < 4.78 is 31.3. The quantitative estimate of drug-likeness (QED) is 0.869. The summed E-state index contributed by atoms with van der Waals surface area (Å²) in [4.78, 5) is 11.9. The van der Waals surface area contributed by atoms with Crippen molar-refractivity contribution < 1.29 is 18.3 Å². The predicted molar refractivity (Wildman–Crippen MR) is 76.2 cm³/mol. The third-order valence-corrected chi connectivity index (χ3v) is 3.16. The number of para-hydroxylation sites is 1. The van der Waals surface area contributed by atoms with Gasteiger partial charge in [-0.1, -0.05) is 23.7 Å². The number of esters is 1. The summed E-state index contributed by atoms with van der Waals surface area (Å²) >= 11 is 6.00. The molecule has 0 heterocycles. The van der Waals surface area contributed by atoms with Crippen LogP contribution >= 0.6 is 11.6 Å². The van der Waals surface area contributed by atoms with E-state index in [2.05, 4.69) is 10.1 Å². The van der Waals surface area contributed by atoms with E-state index in [0.29, 0.717) is 10.7 Å². The van der Waals surface area contributed by atoms with Gasteiger partial charge in [0.05, 0.1) is 17.8 Å². The first-order chi connectivity index (χ1) is 10.0. The van der Waals surface area contributed by atoms with Crippen LogP contribution in [0.3, 0.4) is 0 Å². The van der Waals surface area contributed by atoms with Gasteiger partial charge in [-0.15, -0.1) is 0 Å². The molecule has 0 aromatic heterocycles. The molecule has 0 aliphatic heterocycles. The van der Waals surface area contributed by atoms with Gasteiger partial charge < -0.3 is 10.1 Å². The number of halogens is 3. The van der Waals surface area contributed by atoms with Crippen LogP contribution in [-0.4, -0.2) is 13.1 Å². The van der Waals surface area contributed by atoms with Crippen molar-refractivity contribution in [3.05, 3.63) is 64.7 Å². The molecule has 0 radical (unpaired) electrons. The van der Waals surface area contributed by atoms with Gasteiger partial charge in [0.25, 0.3) is 0 Å². The van der Waals surface area contributed by atoms with Crippen LogP contribution in [-0.2, 0) is 9.53 Å². The zero-order chi connectivity index (χ0) is 15.4. The van der Waals surface area contributed by atoms with Crippen LogP contribution in [0.5, 0.6) is 0 Å². The minimum absolute atomic E-state index is 0.110. The third-order valence-electron chi connectivity index (χ3n) is 2.83. The van der Waals surface area contributed by atoms with E-state index in [-0.39, 0.29) is 5.56 Å². The van der Waals surface area contributed by atoms with Gasteiger partial charge in [0.15, 0.2) is 6.04 Å². The summed E-state index contributed by atoms with van der Waals surface area (Å²) in [6.45, 7) is 0. The highest BCUT2D eigenvalue weighted by Crippen LogP contribution is 2.27. The van der Waals surface area contributed by atoms with Crippen molar-refractivity contribution in [2.45, 2.75) is 6.04 Å². The second-order valence-corrected chi connectivity index (χ2v) is 4.69. The van der Waals surface area contributed by atoms with Crippen molar-refractivity contribution in [3.63, 3.8) is 0 Å². The summed E-state index contributed by atoms with van der Waals surface area (Å²) in [5, 5.41) is 3.21. The van der Waals surface area contributed by atoms with Crippen molar-refractivity contribution in [1.29, 1.82) is 0 Å². The fourth-order valence-electron chi connectivity index (χ4n) is 1.87. The fourth-order valence-corrected chi connectivity index (χ4v) is 2.06. The molecule has 0 aliphatic carbocycles. The van der Waals surface area contributed by atoms with Gasteiger partial charge in [0.2, 0.25) is 0 Å². The number of carbonyl (C=O) groups is 1. The molecule has 1 N–H and O–H groups in total. The predicted octanol–water partition coefficient (Wildman–Crippen LogP) is 3.94. The van der Waals surface area contributed by atoms with Gasteiger partial charge >= 0.3 is 5.97 Å². The molecular weight excluding hydrogens is 300 g/mol. The lowest BCUT2D eigenvalue weighted by Crippen LogP contribution is -2.22. The molecule has 3 nitrogen and oxygen atoms in total. The molecule has 0 saturated heterocycles. The maximum absolute atomic E-state index is 13.3. The van der Waals surface area contributed by atoms with E-state index >= 15 is 0 Å². The number of rotatable bonds is 4. The van der Waals surface area contributed by atoms with Crippen LogP contribution in [0, 0.1) is 11.6 Å². The highest BCUT2D eigenvalue weighted by Gasteiger charge is 2.23. The summed E-state index contributed by atoms with van der Waals surface area (Å²) in [7, 11) is 1.19. The van der Waals surface area contributed by atoms with Crippen LogP contribution in [0.2, 0.25) is 5.02 Å². The summed E-state index contributed by atoms with van der Waals surface area (Å²) in [6, 6.07) is 8.51. The normalized spacial score (nSPS) is 11.8. The Morgan fingerprint density at radius 1 is 1.19 bits per heavy atom. The first kappa shape index (κ1) is 15.3. The van der Waals surface area contributed by atoms with Crippen LogP contribution in [0.25, 0.3) is 0 Å². The number of anilines is 1. The summed E-state index contributed by atoms with van der Waals surface area (Å²) in [6.07, 6.45) is 0. The maximum atomic E-state index is 13.3. The Morgan fingerprint density at radius 3 is 2.38 bits per heavy atom. The lowest BCUT2D eigenvalue weighted by atomic mass is 10.1. The molecule has 0 bridgehead atoms. The Labute approximate surface area is 125 Å². The molecule has 2 aromatic carbocycles. The van der Waals surface area contributed by atoms with E-state index < -0.39 is 23.6 Å². The van der Waals surface area contributed by atoms with Crippen molar-refractivity contribution >= 4 is 23.3 Å². The van der Waals surface area contributed by atoms with Gasteiger partial charge in [0, 0.05) is 6.07 Å². The largest absolute Gasteiger partial charge is 0.467 e. The molecule has 2 aromatic rings. The SMILES string of the molecule is COC(=O)C(Nc1ccccc1Cl)c1cc(F)cc(F)c1. The Balaban J connectivity index is 2.39. The van der Waals surface area contributed by atoms with Crippen LogP contribution in [0.4, 0.5) is 14.5 Å². The van der Waals surface area contributed by atoms with Crippen molar-refractivity contribution in [2.24, 2.45) is 0 Å². The number of nitrogens with one attached hydrogen (secondary N) is 1. The second-order valence-electron chi connectivity index (χ2n) is 4.28. The maximum Gasteiger partial charge on any atom is 0.332 e. The lowest BCUT2D eigenvalue weighted by Gasteiger charge is -2.19. The standard InChI is InChI=1S/C15H12ClF2NO2/c1-21-15(20)14(9-6-10(17)8-11(18)7-9)19-13-5-3-2-4-12(13)16/h2-8,14,19H,1H3. The molecule has 0 saturated carbocycles. The molecule has 1 atom stereocenters. The van der Waals surface area contributed by atoms with E-state index in [1.54, 1.807) is 24.3 Å². The second kappa shape index (κ2) is 6.54. The number of benzene rings is 2. The highest BCUT2D eigenvalue weighted by atomic mass is 35.5. The average molecular weight is 312 g/mol. The average Bonchev–Trinajstić information content (AvgIpc) is 2.44. The van der Waals surface area contributed by atoms with E-state index in [1.165, 1.54) is 7.11 Å². The van der Waals surface area contributed by atoms with E-state index in [1.807, 2.05) is 0 Å². The molecule has 2 rings (SSSR count). The van der Waals surface area contributed by atoms with Gasteiger partial charge in [-0.2, -0.15) is 0 Å². The third kappa shape index (κ3) is 3.70. The van der Waals surface area contributed by atoms with E-state index in [9.17, 15) is 13.6 Å². The van der Waals surface area contributed by atoms with Crippen molar-refractivity contribution in [3.8, 4) is 0 Å². The Hall–Kier alpha value is -2.14. The molecule has 0 spiro atoms. The molecule has 0 aliphatic rings. The Kier molecular flexibility index (Phi) is 4.75. The number of hydrogen-bond donors (Lipinski definition) is 1. The molecular formula is C15H12ClF2NO2. The topological polar surface area (TPSA) is 38.3 Å². The number of methoxy groups -OCH3 is 1. The first-order valence-corrected chi connectivity index (χ1v) is 6.44. The molecule has 0 amide bonds. The Morgan fingerprint density at radius 2 is 1.81 bits per heavy atom. The van der Waals surface area contributed by atoms with Gasteiger partial charge in [-0.25, -0.2) is 13.6 Å². The summed E-state index contributed by atoms with van der Waals surface area (Å²) in [5.74, 6) is -2.24. The minimum atomic E-state index is -1.07. The van der Waals surface area contributed by atoms with Crippen molar-refractivity contribution in [2.75, 3.05) is 12.4 Å². The number of hydrogen-bond acceptors (Lipinski definition) is 3. The molecule has 1 unspecified atom stereocenters. The fraction of sp³-hybridized carbons (Fsp3) is 0.133. The minimum Gasteiger partial charge on any atom is -0.467 e. The monoisotopic (exact) mass is 311 g/mol. The van der Waals surface area contributed by atoms with Gasteiger partial charge in [0.1, 0.15) is 11.6 Å². The molecule has 0 fully saturated rings. The Bertz CT molecular complexity index is 644. The van der Waals surface area contributed by atoms with Gasteiger partial charge in [-0.05, 0) is 29.8 Å². The lowest BCUT2D eigenvalue weighted by molar-refractivity contribution is -0.141. The first-order valence-electron chi connectivity index (χ1n) is 6.06. The summed E-state index contributed by atoms with van der Waals surface area (Å²) in [5.41, 5.74) is 0.568. The zero-order valence-electron chi connectivity index (χ0n) is 11.1. The molecule has 6 heteroatoms. The number of ether oxygens (including phenoxy) is 1. The van der Waals surface area contributed by atoms with Crippen LogP contribution in [0.15, 0.2) is 42.5 Å². The molecule has 21 heavy (non-hydrogen) atoms. The van der Waals surface area contributed by atoms with E-state index in [0.717, 1.165) is 18.2 Å². The zero-order valence-corrected chi connectivity index (χ0v) is 11.8. The number of carbonyl (C=O) groups excluding carboxylic acids is 1. The van der Waals surface area contributed by atoms with Crippen LogP contribution < -0.4 is 5.32 Å². The smallest absolute Gasteiger partial charge is 0.332 e. The molecule has 110 valence electrons. The van der Waals surface area contributed by atoms with Crippen LogP contribution in [0.1, 0.15) is 11.6 Å².